The summed E-state index contributed by atoms with van der Waals surface area (Å²) >= 11 is 0. The average Bonchev–Trinajstić information content (AvgIpc) is 2.33. The van der Waals surface area contributed by atoms with Gasteiger partial charge in [-0.3, -0.25) is 0 Å². The first-order valence-corrected chi connectivity index (χ1v) is 6.86. The Labute approximate surface area is 116 Å². The van der Waals surface area contributed by atoms with Crippen LogP contribution in [0.2, 0.25) is 0 Å². The fraction of sp³-hybridized carbons (Fsp3) is 0.600. The molecule has 1 rings (SSSR count). The van der Waals surface area contributed by atoms with E-state index in [1.54, 1.807) is 12.1 Å². The minimum Gasteiger partial charge on any atom is -0.315 e. The lowest BCUT2D eigenvalue weighted by atomic mass is 10.2. The summed E-state index contributed by atoms with van der Waals surface area (Å²) in [5.41, 5.74) is 1.02. The second-order valence-electron chi connectivity index (χ2n) is 5.27. The van der Waals surface area contributed by atoms with Crippen LogP contribution in [0.1, 0.15) is 12.0 Å². The van der Waals surface area contributed by atoms with E-state index in [4.69, 9.17) is 0 Å². The highest BCUT2D eigenvalue weighted by molar-refractivity contribution is 5.15. The molecule has 0 aromatic heterocycles. The third-order valence-electron chi connectivity index (χ3n) is 2.97. The fourth-order valence-corrected chi connectivity index (χ4v) is 1.94. The third kappa shape index (κ3) is 7.93. The topological polar surface area (TPSA) is 18.5 Å². The summed E-state index contributed by atoms with van der Waals surface area (Å²) in [4.78, 5) is 4.39. The maximum Gasteiger partial charge on any atom is 0.123 e. The predicted molar refractivity (Wildman–Crippen MR) is 78.8 cm³/mol. The number of benzene rings is 1. The molecule has 1 aromatic carbocycles. The van der Waals surface area contributed by atoms with Crippen molar-refractivity contribution in [2.45, 2.75) is 13.0 Å². The van der Waals surface area contributed by atoms with Crippen molar-refractivity contribution in [3.05, 3.63) is 35.6 Å². The largest absolute Gasteiger partial charge is 0.315 e. The fourth-order valence-electron chi connectivity index (χ4n) is 1.94. The number of rotatable bonds is 9. The molecule has 0 aliphatic rings. The molecule has 0 spiro atoms. The Morgan fingerprint density at radius 1 is 1.11 bits per heavy atom. The highest BCUT2D eigenvalue weighted by atomic mass is 19.1. The van der Waals surface area contributed by atoms with Crippen LogP contribution in [0.3, 0.4) is 0 Å². The van der Waals surface area contributed by atoms with Crippen LogP contribution >= 0.6 is 0 Å². The summed E-state index contributed by atoms with van der Waals surface area (Å²) < 4.78 is 13.0. The number of hydrogen-bond donors (Lipinski definition) is 1. The van der Waals surface area contributed by atoms with E-state index < -0.39 is 0 Å². The number of likely N-dealkylation sites (N-methyl/N-ethyl adjacent to an activating group) is 1. The molecule has 3 nitrogen and oxygen atoms in total. The SMILES string of the molecule is CN(C)CCCNCCN(C)Cc1cccc(F)c1. The van der Waals surface area contributed by atoms with E-state index in [9.17, 15) is 4.39 Å². The van der Waals surface area contributed by atoms with Crippen molar-refractivity contribution in [3.63, 3.8) is 0 Å². The van der Waals surface area contributed by atoms with Crippen molar-refractivity contribution in [2.75, 3.05) is 47.3 Å². The van der Waals surface area contributed by atoms with Gasteiger partial charge in [-0.25, -0.2) is 4.39 Å². The van der Waals surface area contributed by atoms with Crippen LogP contribution in [0, 0.1) is 5.82 Å². The number of nitrogens with zero attached hydrogens (tertiary/aromatic N) is 2. The van der Waals surface area contributed by atoms with Crippen LogP contribution in [0.5, 0.6) is 0 Å². The third-order valence-corrected chi connectivity index (χ3v) is 2.97. The Bertz CT molecular complexity index is 355. The Morgan fingerprint density at radius 3 is 2.58 bits per heavy atom. The molecule has 4 heteroatoms. The molecule has 0 unspecified atom stereocenters. The van der Waals surface area contributed by atoms with Crippen LogP contribution < -0.4 is 5.32 Å². The first-order chi connectivity index (χ1) is 9.08. The molecule has 0 atom stereocenters. The van der Waals surface area contributed by atoms with Crippen LogP contribution in [0.25, 0.3) is 0 Å². The second-order valence-corrected chi connectivity index (χ2v) is 5.27. The molecule has 0 saturated heterocycles. The van der Waals surface area contributed by atoms with Gasteiger partial charge in [0.1, 0.15) is 5.82 Å². The lowest BCUT2D eigenvalue weighted by Gasteiger charge is -2.17. The molecular weight excluding hydrogens is 241 g/mol. The number of hydrogen-bond acceptors (Lipinski definition) is 3. The van der Waals surface area contributed by atoms with Crippen LogP contribution in [0.15, 0.2) is 24.3 Å². The van der Waals surface area contributed by atoms with E-state index in [1.807, 2.05) is 6.07 Å². The number of halogens is 1. The lowest BCUT2D eigenvalue weighted by molar-refractivity contribution is 0.321. The molecule has 19 heavy (non-hydrogen) atoms. The monoisotopic (exact) mass is 267 g/mol. The van der Waals surface area contributed by atoms with Gasteiger partial charge in [0.25, 0.3) is 0 Å². The molecule has 0 aliphatic carbocycles. The van der Waals surface area contributed by atoms with Crippen LogP contribution in [-0.2, 0) is 6.54 Å². The minimum atomic E-state index is -0.160. The van der Waals surface area contributed by atoms with Crippen LogP contribution in [0.4, 0.5) is 4.39 Å². The summed E-state index contributed by atoms with van der Waals surface area (Å²) in [6.07, 6.45) is 1.17. The molecule has 0 aliphatic heterocycles. The van der Waals surface area contributed by atoms with Crippen molar-refractivity contribution in [1.82, 2.24) is 15.1 Å². The van der Waals surface area contributed by atoms with Gasteiger partial charge in [0.2, 0.25) is 0 Å². The van der Waals surface area contributed by atoms with Crippen molar-refractivity contribution in [2.24, 2.45) is 0 Å². The molecule has 108 valence electrons. The lowest BCUT2D eigenvalue weighted by Crippen LogP contribution is -2.30. The van der Waals surface area contributed by atoms with Crippen molar-refractivity contribution >= 4 is 0 Å². The molecule has 0 saturated carbocycles. The summed E-state index contributed by atoms with van der Waals surface area (Å²) in [6.45, 7) is 4.90. The Hall–Kier alpha value is -0.970. The normalized spacial score (nSPS) is 11.5. The standard InChI is InChI=1S/C15H26FN3/c1-18(2)10-5-8-17-9-11-19(3)13-14-6-4-7-15(16)12-14/h4,6-7,12,17H,5,8-11,13H2,1-3H3. The minimum absolute atomic E-state index is 0.160. The first-order valence-electron chi connectivity index (χ1n) is 6.86. The van der Waals surface area contributed by atoms with Gasteiger partial charge in [-0.2, -0.15) is 0 Å². The smallest absolute Gasteiger partial charge is 0.123 e. The molecule has 0 heterocycles. The average molecular weight is 267 g/mol. The molecule has 0 fully saturated rings. The Balaban J connectivity index is 2.09. The first kappa shape index (κ1) is 16.1. The summed E-state index contributed by atoms with van der Waals surface area (Å²) in [7, 11) is 6.24. The van der Waals surface area contributed by atoms with E-state index >= 15 is 0 Å². The van der Waals surface area contributed by atoms with Gasteiger partial charge in [0.15, 0.2) is 0 Å². The summed E-state index contributed by atoms with van der Waals surface area (Å²) in [6, 6.07) is 6.80. The van der Waals surface area contributed by atoms with E-state index in [0.717, 1.165) is 38.3 Å². The molecule has 0 bridgehead atoms. The quantitative estimate of drug-likeness (QED) is 0.688. The van der Waals surface area contributed by atoms with Gasteiger partial charge in [0.05, 0.1) is 0 Å². The number of nitrogens with one attached hydrogen (secondary N) is 1. The highest BCUT2D eigenvalue weighted by Gasteiger charge is 2.01. The van der Waals surface area contributed by atoms with Gasteiger partial charge in [-0.05, 0) is 58.3 Å². The Kier molecular flexibility index (Phi) is 7.63. The zero-order valence-electron chi connectivity index (χ0n) is 12.3. The second kappa shape index (κ2) is 9.02. The van der Waals surface area contributed by atoms with Crippen LogP contribution in [-0.4, -0.2) is 57.1 Å². The van der Waals surface area contributed by atoms with E-state index in [1.165, 1.54) is 12.5 Å². The molecule has 0 radical (unpaired) electrons. The maximum atomic E-state index is 13.0. The van der Waals surface area contributed by atoms with E-state index in [0.29, 0.717) is 0 Å². The zero-order valence-corrected chi connectivity index (χ0v) is 12.3. The van der Waals surface area contributed by atoms with E-state index in [2.05, 4.69) is 36.3 Å². The highest BCUT2D eigenvalue weighted by Crippen LogP contribution is 2.05. The van der Waals surface area contributed by atoms with Gasteiger partial charge in [-0.1, -0.05) is 12.1 Å². The summed E-state index contributed by atoms with van der Waals surface area (Å²) in [5, 5.41) is 3.43. The zero-order chi connectivity index (χ0) is 14.1. The maximum absolute atomic E-state index is 13.0. The van der Waals surface area contributed by atoms with Crippen molar-refractivity contribution in [1.29, 1.82) is 0 Å². The molecule has 0 amide bonds. The Morgan fingerprint density at radius 2 is 1.89 bits per heavy atom. The van der Waals surface area contributed by atoms with E-state index in [-0.39, 0.29) is 5.82 Å². The molecular formula is C15H26FN3. The summed E-state index contributed by atoms with van der Waals surface area (Å²) in [5.74, 6) is -0.160. The van der Waals surface area contributed by atoms with Gasteiger partial charge >= 0.3 is 0 Å². The van der Waals surface area contributed by atoms with Gasteiger partial charge in [0, 0.05) is 19.6 Å². The van der Waals surface area contributed by atoms with Crippen molar-refractivity contribution in [3.8, 4) is 0 Å². The molecule has 1 aromatic rings. The van der Waals surface area contributed by atoms with Gasteiger partial charge in [-0.15, -0.1) is 0 Å². The van der Waals surface area contributed by atoms with Crippen molar-refractivity contribution < 1.29 is 4.39 Å². The molecule has 1 N–H and O–H groups in total. The van der Waals surface area contributed by atoms with Gasteiger partial charge < -0.3 is 15.1 Å². The predicted octanol–water partition coefficient (Wildman–Crippen LogP) is 1.80.